The zero-order chi connectivity index (χ0) is 24.4. The molecule has 35 heavy (non-hydrogen) atoms. The van der Waals surface area contributed by atoms with E-state index in [4.69, 9.17) is 4.74 Å². The van der Waals surface area contributed by atoms with Crippen molar-refractivity contribution < 1.29 is 19.4 Å². The Balaban J connectivity index is 1.33. The number of fused-ring (bicyclic) bond motifs is 1. The Kier molecular flexibility index (Phi) is 6.26. The van der Waals surface area contributed by atoms with Gasteiger partial charge in [-0.2, -0.15) is 0 Å². The maximum Gasteiger partial charge on any atom is 0.254 e. The van der Waals surface area contributed by atoms with E-state index in [1.54, 1.807) is 29.0 Å². The van der Waals surface area contributed by atoms with E-state index >= 15 is 0 Å². The van der Waals surface area contributed by atoms with Gasteiger partial charge in [-0.25, -0.2) is 0 Å². The molecular formula is C29H26N2O4. The third-order valence-corrected chi connectivity index (χ3v) is 6.80. The van der Waals surface area contributed by atoms with Crippen LogP contribution in [0.4, 0.5) is 0 Å². The van der Waals surface area contributed by atoms with Crippen molar-refractivity contribution in [1.29, 1.82) is 0 Å². The van der Waals surface area contributed by atoms with Crippen LogP contribution in [0.2, 0.25) is 0 Å². The molecule has 0 radical (unpaired) electrons. The molecule has 0 saturated carbocycles. The van der Waals surface area contributed by atoms with Gasteiger partial charge < -0.3 is 19.6 Å². The van der Waals surface area contributed by atoms with Crippen molar-refractivity contribution in [3.05, 3.63) is 101 Å². The second-order valence-corrected chi connectivity index (χ2v) is 8.80. The fraction of sp³-hybridized carbons (Fsp3) is 0.241. The molecule has 0 aliphatic carbocycles. The van der Waals surface area contributed by atoms with Gasteiger partial charge in [-0.15, -0.1) is 0 Å². The summed E-state index contributed by atoms with van der Waals surface area (Å²) in [5.41, 5.74) is 3.38. The van der Waals surface area contributed by atoms with Crippen LogP contribution in [0.1, 0.15) is 33.0 Å². The molecule has 0 aromatic heterocycles. The molecule has 3 aromatic carbocycles. The van der Waals surface area contributed by atoms with E-state index in [0.717, 1.165) is 22.4 Å². The number of nitrogens with zero attached hydrogens (tertiary/aromatic N) is 2. The Morgan fingerprint density at radius 2 is 1.60 bits per heavy atom. The summed E-state index contributed by atoms with van der Waals surface area (Å²) < 4.78 is 5.18. The summed E-state index contributed by atoms with van der Waals surface area (Å²) in [5, 5.41) is 10.0. The molecule has 5 rings (SSSR count). The first kappa shape index (κ1) is 22.7. The lowest BCUT2D eigenvalue weighted by Gasteiger charge is -2.58. The molecule has 2 heterocycles. The second kappa shape index (κ2) is 9.65. The summed E-state index contributed by atoms with van der Waals surface area (Å²) in [6.45, 7) is 0.367. The van der Waals surface area contributed by atoms with E-state index in [-0.39, 0.29) is 43.0 Å². The highest BCUT2D eigenvalue weighted by Gasteiger charge is 2.54. The molecule has 6 heteroatoms. The highest BCUT2D eigenvalue weighted by molar-refractivity contribution is 5.97. The van der Waals surface area contributed by atoms with Crippen molar-refractivity contribution in [2.75, 3.05) is 26.8 Å². The van der Waals surface area contributed by atoms with Crippen LogP contribution in [-0.2, 0) is 4.79 Å². The molecule has 176 valence electrons. The fourth-order valence-corrected chi connectivity index (χ4v) is 5.02. The number of carbonyl (C=O) groups is 2. The van der Waals surface area contributed by atoms with Gasteiger partial charge in [0.2, 0.25) is 5.91 Å². The lowest BCUT2D eigenvalue weighted by molar-refractivity contribution is -0.159. The van der Waals surface area contributed by atoms with Crippen molar-refractivity contribution in [2.45, 2.75) is 18.0 Å². The predicted molar refractivity (Wildman–Crippen MR) is 132 cm³/mol. The van der Waals surface area contributed by atoms with Crippen molar-refractivity contribution in [3.8, 4) is 17.6 Å². The van der Waals surface area contributed by atoms with Crippen LogP contribution in [0.5, 0.6) is 5.75 Å². The number of aliphatic hydroxyl groups excluding tert-OH is 1. The van der Waals surface area contributed by atoms with Gasteiger partial charge in [0.05, 0.1) is 25.8 Å². The number of hydrogen-bond donors (Lipinski definition) is 1. The Hall–Kier alpha value is -4.08. The van der Waals surface area contributed by atoms with Gasteiger partial charge in [-0.1, -0.05) is 42.2 Å². The van der Waals surface area contributed by atoms with Gasteiger partial charge >= 0.3 is 0 Å². The molecule has 2 amide bonds. The summed E-state index contributed by atoms with van der Waals surface area (Å²) in [6.07, 6.45) is 0. The predicted octanol–water partition coefficient (Wildman–Crippen LogP) is 2.91. The summed E-state index contributed by atoms with van der Waals surface area (Å²) >= 11 is 0. The van der Waals surface area contributed by atoms with Gasteiger partial charge in [0, 0.05) is 29.2 Å². The zero-order valence-corrected chi connectivity index (χ0v) is 19.4. The van der Waals surface area contributed by atoms with Crippen molar-refractivity contribution in [3.63, 3.8) is 0 Å². The first-order valence-corrected chi connectivity index (χ1v) is 11.6. The lowest BCUT2D eigenvalue weighted by Crippen LogP contribution is -2.73. The Morgan fingerprint density at radius 1 is 0.971 bits per heavy atom. The van der Waals surface area contributed by atoms with Crippen molar-refractivity contribution in [2.24, 2.45) is 0 Å². The minimum Gasteiger partial charge on any atom is -0.497 e. The van der Waals surface area contributed by atoms with E-state index in [2.05, 4.69) is 11.8 Å². The minimum atomic E-state index is -0.280. The summed E-state index contributed by atoms with van der Waals surface area (Å²) in [7, 11) is 1.63. The summed E-state index contributed by atoms with van der Waals surface area (Å²) in [6, 6.07) is 24.1. The number of piperazine rings is 1. The Bertz CT molecular complexity index is 1280. The standard InChI is InChI=1S/C29H26N2O4/c1-35-24-15-11-21(12-16-24)8-7-20-9-13-22(14-10-20)28-25-17-30(18-27(33)31(25)26(28)19-32)29(34)23-5-3-2-4-6-23/h2-6,9-16,25-26,28,32H,17-19H2,1H3/t25-,26-,28-/m1/s1. The smallest absolute Gasteiger partial charge is 0.254 e. The second-order valence-electron chi connectivity index (χ2n) is 8.80. The number of amides is 2. The molecule has 0 bridgehead atoms. The van der Waals surface area contributed by atoms with Gasteiger partial charge in [0.15, 0.2) is 0 Å². The number of ether oxygens (including phenoxy) is 1. The highest BCUT2D eigenvalue weighted by atomic mass is 16.5. The normalized spacial score (nSPS) is 20.9. The van der Waals surface area contributed by atoms with Crippen molar-refractivity contribution >= 4 is 11.8 Å². The van der Waals surface area contributed by atoms with Crippen LogP contribution in [-0.4, -0.2) is 65.6 Å². The van der Waals surface area contributed by atoms with Gasteiger partial charge in [0.1, 0.15) is 12.3 Å². The Labute approximate surface area is 204 Å². The monoisotopic (exact) mass is 466 g/mol. The molecule has 1 N–H and O–H groups in total. The zero-order valence-electron chi connectivity index (χ0n) is 19.4. The van der Waals surface area contributed by atoms with Crippen molar-refractivity contribution in [1.82, 2.24) is 9.80 Å². The number of carbonyl (C=O) groups excluding carboxylic acids is 2. The quantitative estimate of drug-likeness (QED) is 0.601. The molecule has 2 aliphatic heterocycles. The molecule has 6 nitrogen and oxygen atoms in total. The molecular weight excluding hydrogens is 440 g/mol. The van der Waals surface area contributed by atoms with Crippen LogP contribution in [0.15, 0.2) is 78.9 Å². The van der Waals surface area contributed by atoms with Crippen LogP contribution in [0.25, 0.3) is 0 Å². The van der Waals surface area contributed by atoms with Crippen LogP contribution in [0.3, 0.4) is 0 Å². The third-order valence-electron chi connectivity index (χ3n) is 6.80. The molecule has 2 fully saturated rings. The first-order valence-electron chi connectivity index (χ1n) is 11.6. The number of aliphatic hydroxyl groups is 1. The molecule has 2 aliphatic rings. The van der Waals surface area contributed by atoms with Gasteiger partial charge in [-0.3, -0.25) is 9.59 Å². The first-order chi connectivity index (χ1) is 17.1. The minimum absolute atomic E-state index is 0.0351. The van der Waals surface area contributed by atoms with Crippen LogP contribution >= 0.6 is 0 Å². The van der Waals surface area contributed by atoms with E-state index < -0.39 is 0 Å². The molecule has 3 aromatic rings. The number of benzene rings is 3. The van der Waals surface area contributed by atoms with E-state index in [9.17, 15) is 14.7 Å². The lowest BCUT2D eigenvalue weighted by atomic mass is 9.73. The number of rotatable bonds is 4. The average molecular weight is 467 g/mol. The Morgan fingerprint density at radius 3 is 2.20 bits per heavy atom. The van der Waals surface area contributed by atoms with E-state index in [0.29, 0.717) is 12.1 Å². The maximum absolute atomic E-state index is 13.0. The maximum atomic E-state index is 13.0. The summed E-state index contributed by atoms with van der Waals surface area (Å²) in [5.74, 6) is 6.80. The topological polar surface area (TPSA) is 70.1 Å². The number of hydrogen-bond acceptors (Lipinski definition) is 4. The average Bonchev–Trinajstić information content (AvgIpc) is 2.89. The van der Waals surface area contributed by atoms with E-state index in [1.165, 1.54) is 0 Å². The largest absolute Gasteiger partial charge is 0.497 e. The third kappa shape index (κ3) is 4.39. The van der Waals surface area contributed by atoms with Gasteiger partial charge in [0.25, 0.3) is 5.91 Å². The number of methoxy groups -OCH3 is 1. The van der Waals surface area contributed by atoms with E-state index in [1.807, 2.05) is 66.7 Å². The SMILES string of the molecule is COc1ccc(C#Cc2ccc([C@H]3[C@@H](CO)N4C(=O)CN(C(=O)c5ccccc5)C[C@H]34)cc2)cc1. The van der Waals surface area contributed by atoms with Crippen LogP contribution in [0, 0.1) is 11.8 Å². The van der Waals surface area contributed by atoms with Gasteiger partial charge in [-0.05, 0) is 54.1 Å². The molecule has 0 spiro atoms. The summed E-state index contributed by atoms with van der Waals surface area (Å²) in [4.78, 5) is 29.2. The van der Waals surface area contributed by atoms with Crippen LogP contribution < -0.4 is 4.74 Å². The molecule has 0 unspecified atom stereocenters. The molecule has 3 atom stereocenters. The fourth-order valence-electron chi connectivity index (χ4n) is 5.02. The molecule has 2 saturated heterocycles. The highest BCUT2D eigenvalue weighted by Crippen LogP contribution is 2.43.